The van der Waals surface area contributed by atoms with E-state index >= 15 is 0 Å². The van der Waals surface area contributed by atoms with Crippen LogP contribution in [0.25, 0.3) is 0 Å². The van der Waals surface area contributed by atoms with Gasteiger partial charge >= 0.3 is 0 Å². The minimum Gasteiger partial charge on any atom is -0.488 e. The highest BCUT2D eigenvalue weighted by molar-refractivity contribution is 5.37. The summed E-state index contributed by atoms with van der Waals surface area (Å²) in [6.45, 7) is 6.50. The molecular formula is C17H25FN2O. The van der Waals surface area contributed by atoms with Crippen LogP contribution >= 0.6 is 0 Å². The van der Waals surface area contributed by atoms with Gasteiger partial charge in [0.25, 0.3) is 0 Å². The summed E-state index contributed by atoms with van der Waals surface area (Å²) in [5.74, 6) is 0.693. The average molecular weight is 292 g/mol. The summed E-state index contributed by atoms with van der Waals surface area (Å²) in [4.78, 5) is 2.49. The maximum atomic E-state index is 13.2. The molecule has 0 radical (unpaired) electrons. The fourth-order valence-electron chi connectivity index (χ4n) is 3.42. The molecule has 0 saturated carbocycles. The van der Waals surface area contributed by atoms with E-state index in [1.54, 1.807) is 12.1 Å². The molecule has 21 heavy (non-hydrogen) atoms. The molecule has 0 aliphatic carbocycles. The van der Waals surface area contributed by atoms with Crippen LogP contribution in [-0.2, 0) is 6.42 Å². The lowest BCUT2D eigenvalue weighted by atomic mass is 10.0. The molecule has 3 rings (SSSR count). The Labute approximate surface area is 126 Å². The number of nitrogens with one attached hydrogen (secondary N) is 1. The number of rotatable bonds is 5. The van der Waals surface area contributed by atoms with Crippen molar-refractivity contribution in [1.82, 2.24) is 10.2 Å². The van der Waals surface area contributed by atoms with Crippen LogP contribution in [0.15, 0.2) is 18.2 Å². The smallest absolute Gasteiger partial charge is 0.123 e. The van der Waals surface area contributed by atoms with E-state index < -0.39 is 0 Å². The zero-order valence-corrected chi connectivity index (χ0v) is 12.8. The Morgan fingerprint density at radius 2 is 2.33 bits per heavy atom. The van der Waals surface area contributed by atoms with E-state index in [0.717, 1.165) is 43.9 Å². The van der Waals surface area contributed by atoms with Gasteiger partial charge in [-0.2, -0.15) is 0 Å². The first-order valence-electron chi connectivity index (χ1n) is 8.15. The first kappa shape index (κ1) is 14.8. The van der Waals surface area contributed by atoms with Crippen LogP contribution in [0, 0.1) is 5.82 Å². The van der Waals surface area contributed by atoms with Crippen LogP contribution < -0.4 is 10.1 Å². The zero-order valence-electron chi connectivity index (χ0n) is 12.8. The molecule has 3 nitrogen and oxygen atoms in total. The van der Waals surface area contributed by atoms with E-state index in [4.69, 9.17) is 4.74 Å². The third-order valence-corrected chi connectivity index (χ3v) is 4.41. The maximum Gasteiger partial charge on any atom is 0.123 e. The van der Waals surface area contributed by atoms with Crippen molar-refractivity contribution in [1.29, 1.82) is 0 Å². The van der Waals surface area contributed by atoms with Crippen LogP contribution in [0.1, 0.15) is 31.7 Å². The van der Waals surface area contributed by atoms with Crippen molar-refractivity contribution >= 4 is 0 Å². The minimum atomic E-state index is -0.167. The van der Waals surface area contributed by atoms with Gasteiger partial charge in [-0.1, -0.05) is 6.92 Å². The first-order chi connectivity index (χ1) is 10.2. The van der Waals surface area contributed by atoms with Crippen molar-refractivity contribution in [3.8, 4) is 5.75 Å². The number of hydrogen-bond acceptors (Lipinski definition) is 3. The number of piperidine rings is 1. The molecule has 4 heteroatoms. The van der Waals surface area contributed by atoms with Crippen molar-refractivity contribution in [2.75, 3.05) is 26.2 Å². The predicted octanol–water partition coefficient (Wildman–Crippen LogP) is 2.59. The van der Waals surface area contributed by atoms with Gasteiger partial charge in [-0.25, -0.2) is 4.39 Å². The Bertz CT molecular complexity index is 480. The van der Waals surface area contributed by atoms with Crippen molar-refractivity contribution < 1.29 is 9.13 Å². The van der Waals surface area contributed by atoms with Crippen molar-refractivity contribution in [3.63, 3.8) is 0 Å². The van der Waals surface area contributed by atoms with Gasteiger partial charge in [-0.3, -0.25) is 4.90 Å². The van der Waals surface area contributed by atoms with Crippen molar-refractivity contribution in [2.24, 2.45) is 0 Å². The monoisotopic (exact) mass is 292 g/mol. The summed E-state index contributed by atoms with van der Waals surface area (Å²) in [7, 11) is 0. The van der Waals surface area contributed by atoms with Crippen LogP contribution in [-0.4, -0.2) is 43.2 Å². The van der Waals surface area contributed by atoms with Gasteiger partial charge < -0.3 is 10.1 Å². The van der Waals surface area contributed by atoms with Gasteiger partial charge in [-0.05, 0) is 50.6 Å². The minimum absolute atomic E-state index is 0.167. The summed E-state index contributed by atoms with van der Waals surface area (Å²) in [6.07, 6.45) is 4.70. The molecule has 2 aliphatic rings. The van der Waals surface area contributed by atoms with Gasteiger partial charge in [0.1, 0.15) is 17.7 Å². The lowest BCUT2D eigenvalue weighted by molar-refractivity contribution is 0.120. The van der Waals surface area contributed by atoms with Gasteiger partial charge in [0, 0.05) is 31.1 Å². The molecular weight excluding hydrogens is 267 g/mol. The number of halogens is 1. The highest BCUT2D eigenvalue weighted by Gasteiger charge is 2.27. The highest BCUT2D eigenvalue weighted by Crippen LogP contribution is 2.29. The van der Waals surface area contributed by atoms with Gasteiger partial charge in [0.05, 0.1) is 0 Å². The number of ether oxygens (including phenoxy) is 1. The molecule has 1 saturated heterocycles. The second kappa shape index (κ2) is 6.75. The van der Waals surface area contributed by atoms with Crippen LogP contribution in [0.3, 0.4) is 0 Å². The predicted molar refractivity (Wildman–Crippen MR) is 82.3 cm³/mol. The molecule has 2 atom stereocenters. The summed E-state index contributed by atoms with van der Waals surface area (Å²) < 4.78 is 19.2. The van der Waals surface area contributed by atoms with E-state index in [-0.39, 0.29) is 11.9 Å². The van der Waals surface area contributed by atoms with Gasteiger partial charge in [-0.15, -0.1) is 0 Å². The summed E-state index contributed by atoms with van der Waals surface area (Å²) in [5.41, 5.74) is 1.01. The Kier molecular flexibility index (Phi) is 4.76. The first-order valence-corrected chi connectivity index (χ1v) is 8.15. The van der Waals surface area contributed by atoms with E-state index in [1.165, 1.54) is 25.3 Å². The Balaban J connectivity index is 1.51. The third-order valence-electron chi connectivity index (χ3n) is 4.41. The lowest BCUT2D eigenvalue weighted by Crippen LogP contribution is -2.48. The topological polar surface area (TPSA) is 24.5 Å². The normalized spacial score (nSPS) is 25.6. The fourth-order valence-corrected chi connectivity index (χ4v) is 3.42. The highest BCUT2D eigenvalue weighted by atomic mass is 19.1. The van der Waals surface area contributed by atoms with Crippen LogP contribution in [0.5, 0.6) is 5.75 Å². The fraction of sp³-hybridized carbons (Fsp3) is 0.647. The molecule has 0 amide bonds. The van der Waals surface area contributed by atoms with Gasteiger partial charge in [0.15, 0.2) is 0 Å². The molecule has 2 aliphatic heterocycles. The molecule has 2 heterocycles. The molecule has 0 aromatic heterocycles. The molecule has 1 aromatic carbocycles. The Hall–Kier alpha value is -1.13. The second-order valence-electron chi connectivity index (χ2n) is 6.25. The van der Waals surface area contributed by atoms with Crippen LogP contribution in [0.4, 0.5) is 4.39 Å². The molecule has 1 N–H and O–H groups in total. The number of likely N-dealkylation sites (tertiary alicyclic amines) is 1. The molecule has 0 spiro atoms. The van der Waals surface area contributed by atoms with E-state index in [9.17, 15) is 4.39 Å². The Morgan fingerprint density at radius 3 is 3.19 bits per heavy atom. The SMILES string of the molecule is CCCNC1CCCN(CC2Cc3cc(F)ccc3O2)C1. The Morgan fingerprint density at radius 1 is 1.43 bits per heavy atom. The summed E-state index contributed by atoms with van der Waals surface area (Å²) in [5, 5.41) is 3.62. The number of benzene rings is 1. The maximum absolute atomic E-state index is 13.2. The zero-order chi connectivity index (χ0) is 14.7. The van der Waals surface area contributed by atoms with E-state index in [0.29, 0.717) is 6.04 Å². The molecule has 1 fully saturated rings. The average Bonchev–Trinajstić information content (AvgIpc) is 2.86. The number of nitrogens with zero attached hydrogens (tertiary/aromatic N) is 1. The van der Waals surface area contributed by atoms with Gasteiger partial charge in [0.2, 0.25) is 0 Å². The molecule has 0 bridgehead atoms. The number of fused-ring (bicyclic) bond motifs is 1. The number of hydrogen-bond donors (Lipinski definition) is 1. The molecule has 1 aromatic rings. The standard InChI is InChI=1S/C17H25FN2O/c1-2-7-19-15-4-3-8-20(11-15)12-16-10-13-9-14(18)5-6-17(13)21-16/h5-6,9,15-16,19H,2-4,7-8,10-12H2,1H3. The summed E-state index contributed by atoms with van der Waals surface area (Å²) >= 11 is 0. The lowest BCUT2D eigenvalue weighted by Gasteiger charge is -2.34. The van der Waals surface area contributed by atoms with Crippen molar-refractivity contribution in [2.45, 2.75) is 44.8 Å². The van der Waals surface area contributed by atoms with E-state index in [2.05, 4.69) is 17.1 Å². The third kappa shape index (κ3) is 3.74. The quantitative estimate of drug-likeness (QED) is 0.903. The second-order valence-corrected chi connectivity index (χ2v) is 6.25. The van der Waals surface area contributed by atoms with Crippen LogP contribution in [0.2, 0.25) is 0 Å². The largest absolute Gasteiger partial charge is 0.488 e. The molecule has 116 valence electrons. The molecule has 2 unspecified atom stereocenters. The van der Waals surface area contributed by atoms with E-state index in [1.807, 2.05) is 0 Å². The summed E-state index contributed by atoms with van der Waals surface area (Å²) in [6, 6.07) is 5.45. The van der Waals surface area contributed by atoms with Crippen molar-refractivity contribution in [3.05, 3.63) is 29.6 Å².